The lowest BCUT2D eigenvalue weighted by Gasteiger charge is -2.37. The second-order valence-electron chi connectivity index (χ2n) is 7.71. The highest BCUT2D eigenvalue weighted by Crippen LogP contribution is 2.34. The maximum Gasteiger partial charge on any atom is 0.243 e. The third kappa shape index (κ3) is 5.23. The van der Waals surface area contributed by atoms with Gasteiger partial charge in [-0.3, -0.25) is 0 Å². The molecule has 0 radical (unpaired) electrons. The van der Waals surface area contributed by atoms with Crippen LogP contribution in [0.15, 0.2) is 60.9 Å². The van der Waals surface area contributed by atoms with Gasteiger partial charge < -0.3 is 30.3 Å². The number of nitrogens with two attached hydrogens (primary N) is 1. The molecule has 0 bridgehead atoms. The van der Waals surface area contributed by atoms with Crippen molar-refractivity contribution in [2.75, 3.05) is 49.2 Å². The molecule has 4 rings (SSSR count). The van der Waals surface area contributed by atoms with Crippen molar-refractivity contribution in [2.45, 2.75) is 6.92 Å². The van der Waals surface area contributed by atoms with Gasteiger partial charge in [0.2, 0.25) is 11.8 Å². The summed E-state index contributed by atoms with van der Waals surface area (Å²) in [5.41, 5.74) is 9.38. The topological polar surface area (TPSA) is 88.8 Å². The first-order valence-corrected chi connectivity index (χ1v) is 11.0. The molecule has 0 amide bonds. The zero-order valence-electron chi connectivity index (χ0n) is 18.7. The number of ether oxygens (including phenoxy) is 2. The summed E-state index contributed by atoms with van der Waals surface area (Å²) in [6.45, 7) is 9.83. The zero-order valence-corrected chi connectivity index (χ0v) is 19.5. The fraction of sp³-hybridized carbons (Fsp3) is 0.250. The van der Waals surface area contributed by atoms with Crippen molar-refractivity contribution in [2.24, 2.45) is 0 Å². The number of nitrogen functional groups attached to an aromatic ring is 1. The largest absolute Gasteiger partial charge is 0.494 e. The molecule has 1 aromatic heterocycles. The van der Waals surface area contributed by atoms with E-state index in [4.69, 9.17) is 26.8 Å². The lowest BCUT2D eigenvalue weighted by atomic mass is 10.2. The number of aromatic nitrogens is 2. The van der Waals surface area contributed by atoms with Crippen LogP contribution in [0.25, 0.3) is 0 Å². The Kier molecular flexibility index (Phi) is 6.74. The third-order valence-corrected chi connectivity index (χ3v) is 5.71. The molecule has 1 saturated heterocycles. The van der Waals surface area contributed by atoms with Gasteiger partial charge in [0.25, 0.3) is 0 Å². The van der Waals surface area contributed by atoms with Crippen molar-refractivity contribution in [3.05, 3.63) is 66.0 Å². The summed E-state index contributed by atoms with van der Waals surface area (Å²) in [5.74, 6) is 1.68. The third-order valence-electron chi connectivity index (χ3n) is 5.45. The summed E-state index contributed by atoms with van der Waals surface area (Å²) in [5, 5.41) is 3.47. The summed E-state index contributed by atoms with van der Waals surface area (Å²) < 4.78 is 11.4. The van der Waals surface area contributed by atoms with Crippen LogP contribution in [0.3, 0.4) is 0 Å². The number of nitrogens with one attached hydrogen (secondary N) is 1. The summed E-state index contributed by atoms with van der Waals surface area (Å²) in [6, 6.07) is 13.2. The van der Waals surface area contributed by atoms with Crippen LogP contribution in [0.4, 0.5) is 23.0 Å². The molecule has 8 nitrogen and oxygen atoms in total. The van der Waals surface area contributed by atoms with Crippen molar-refractivity contribution in [3.63, 3.8) is 0 Å². The predicted octanol–water partition coefficient (Wildman–Crippen LogP) is 4.91. The maximum absolute atomic E-state index is 6.24. The molecule has 2 aromatic carbocycles. The van der Waals surface area contributed by atoms with Crippen LogP contribution in [-0.2, 0) is 0 Å². The van der Waals surface area contributed by atoms with E-state index in [2.05, 4.69) is 37.7 Å². The van der Waals surface area contributed by atoms with Crippen molar-refractivity contribution >= 4 is 34.6 Å². The molecule has 3 N–H and O–H groups in total. The molecular formula is C24H27ClN6O2. The monoisotopic (exact) mass is 466 g/mol. The van der Waals surface area contributed by atoms with Gasteiger partial charge in [-0.1, -0.05) is 30.3 Å². The van der Waals surface area contributed by atoms with E-state index in [9.17, 15) is 0 Å². The summed E-state index contributed by atoms with van der Waals surface area (Å²) in [7, 11) is 1.64. The SMILES string of the molecule is C=C(C)N1CCN(c2ccc(Nc3ncc(Cl)c(Oc4ccccc4N)n3)c(OC)c2)CC1. The van der Waals surface area contributed by atoms with Gasteiger partial charge in [0.15, 0.2) is 5.75 Å². The van der Waals surface area contributed by atoms with Crippen molar-refractivity contribution in [1.82, 2.24) is 14.9 Å². The number of anilines is 4. The molecule has 1 fully saturated rings. The Bertz CT molecular complexity index is 1150. The zero-order chi connectivity index (χ0) is 23.4. The number of halogens is 1. The highest BCUT2D eigenvalue weighted by Gasteiger charge is 2.18. The molecule has 0 unspecified atom stereocenters. The van der Waals surface area contributed by atoms with E-state index >= 15 is 0 Å². The van der Waals surface area contributed by atoms with Crippen LogP contribution < -0.4 is 25.4 Å². The molecule has 1 aliphatic heterocycles. The van der Waals surface area contributed by atoms with E-state index in [1.807, 2.05) is 31.2 Å². The molecule has 1 aliphatic rings. The van der Waals surface area contributed by atoms with Gasteiger partial charge in [0.05, 0.1) is 24.7 Å². The number of hydrogen-bond acceptors (Lipinski definition) is 8. The Morgan fingerprint density at radius 1 is 1.12 bits per heavy atom. The van der Waals surface area contributed by atoms with Gasteiger partial charge in [-0.2, -0.15) is 4.98 Å². The first-order valence-electron chi connectivity index (χ1n) is 10.6. The lowest BCUT2D eigenvalue weighted by molar-refractivity contribution is 0.323. The van der Waals surface area contributed by atoms with Crippen LogP contribution >= 0.6 is 11.6 Å². The standard InChI is InChI=1S/C24H27ClN6O2/c1-16(2)30-10-12-31(13-11-30)17-8-9-20(22(14-17)32-3)28-24-27-15-18(25)23(29-24)33-21-7-5-4-6-19(21)26/h4-9,14-15H,1,10-13,26H2,2-3H3,(H,27,28,29). The second-order valence-corrected chi connectivity index (χ2v) is 8.11. The van der Waals surface area contributed by atoms with Gasteiger partial charge in [-0.15, -0.1) is 0 Å². The smallest absolute Gasteiger partial charge is 0.243 e. The molecule has 9 heteroatoms. The molecule has 0 saturated carbocycles. The Morgan fingerprint density at radius 3 is 2.58 bits per heavy atom. The minimum Gasteiger partial charge on any atom is -0.494 e. The van der Waals surface area contributed by atoms with E-state index in [1.54, 1.807) is 19.2 Å². The fourth-order valence-electron chi connectivity index (χ4n) is 3.61. The van der Waals surface area contributed by atoms with Crippen molar-refractivity contribution in [3.8, 4) is 17.4 Å². The number of piperazine rings is 1. The number of para-hydroxylation sites is 2. The van der Waals surface area contributed by atoms with Crippen LogP contribution in [0.5, 0.6) is 17.4 Å². The second kappa shape index (κ2) is 9.87. The number of methoxy groups -OCH3 is 1. The van der Waals surface area contributed by atoms with E-state index in [-0.39, 0.29) is 10.9 Å². The number of rotatable bonds is 7. The van der Waals surface area contributed by atoms with Gasteiger partial charge in [-0.05, 0) is 31.2 Å². The van der Waals surface area contributed by atoms with Gasteiger partial charge in [0, 0.05) is 43.6 Å². The Balaban J connectivity index is 1.51. The molecule has 172 valence electrons. The van der Waals surface area contributed by atoms with Gasteiger partial charge >= 0.3 is 0 Å². The molecular weight excluding hydrogens is 440 g/mol. The summed E-state index contributed by atoms with van der Waals surface area (Å²) >= 11 is 6.24. The lowest BCUT2D eigenvalue weighted by Crippen LogP contribution is -2.45. The highest BCUT2D eigenvalue weighted by molar-refractivity contribution is 6.31. The molecule has 0 aliphatic carbocycles. The number of benzene rings is 2. The Morgan fingerprint density at radius 2 is 1.88 bits per heavy atom. The minimum atomic E-state index is 0.207. The van der Waals surface area contributed by atoms with Crippen LogP contribution in [0, 0.1) is 0 Å². The van der Waals surface area contributed by atoms with Crippen LogP contribution in [-0.4, -0.2) is 48.2 Å². The first kappa shape index (κ1) is 22.5. The first-order chi connectivity index (χ1) is 15.9. The molecule has 0 atom stereocenters. The number of hydrogen-bond donors (Lipinski definition) is 2. The normalized spacial score (nSPS) is 13.5. The minimum absolute atomic E-state index is 0.207. The number of nitrogens with zero attached hydrogens (tertiary/aromatic N) is 4. The van der Waals surface area contributed by atoms with Crippen LogP contribution in [0.2, 0.25) is 5.02 Å². The van der Waals surface area contributed by atoms with Gasteiger partial charge in [-0.25, -0.2) is 4.98 Å². The van der Waals surface area contributed by atoms with E-state index in [0.29, 0.717) is 23.1 Å². The molecule has 3 aromatic rings. The molecule has 2 heterocycles. The van der Waals surface area contributed by atoms with E-state index < -0.39 is 0 Å². The van der Waals surface area contributed by atoms with Gasteiger partial charge in [0.1, 0.15) is 10.8 Å². The summed E-state index contributed by atoms with van der Waals surface area (Å²) in [6.07, 6.45) is 1.48. The van der Waals surface area contributed by atoms with E-state index in [1.165, 1.54) is 6.20 Å². The highest BCUT2D eigenvalue weighted by atomic mass is 35.5. The molecule has 33 heavy (non-hydrogen) atoms. The van der Waals surface area contributed by atoms with E-state index in [0.717, 1.165) is 43.3 Å². The van der Waals surface area contributed by atoms with Crippen LogP contribution in [0.1, 0.15) is 6.92 Å². The maximum atomic E-state index is 6.24. The number of allylic oxidation sites excluding steroid dienone is 1. The predicted molar refractivity (Wildman–Crippen MR) is 133 cm³/mol. The average Bonchev–Trinajstić information content (AvgIpc) is 2.83. The fourth-order valence-corrected chi connectivity index (χ4v) is 3.74. The average molecular weight is 467 g/mol. The Labute approximate surface area is 198 Å². The quantitative estimate of drug-likeness (QED) is 0.475. The Hall–Kier alpha value is -3.65. The van der Waals surface area contributed by atoms with Crippen molar-refractivity contribution < 1.29 is 9.47 Å². The molecule has 0 spiro atoms. The van der Waals surface area contributed by atoms with Crippen molar-refractivity contribution in [1.29, 1.82) is 0 Å². The summed E-state index contributed by atoms with van der Waals surface area (Å²) in [4.78, 5) is 13.3.